The SMILES string of the molecule is c1ccc(N(c2ccccc2)c2ccc(N(c3ccc(-c4nc5ccccc5nc4-c4ccc(N(c5ccc(N(c6ccccc6)c6ccccc6)cc5)c5ccc6ccccc6c5)cc4)cc3)c3ccc4ccccc4c3)cc2)cc1. The average molecular weight is 1050 g/mol. The van der Waals surface area contributed by atoms with Crippen LogP contribution in [0, 0.1) is 0 Å². The zero-order chi connectivity index (χ0) is 54.6. The van der Waals surface area contributed by atoms with Crippen LogP contribution in [0.5, 0.6) is 0 Å². The molecule has 0 radical (unpaired) electrons. The Labute approximate surface area is 478 Å². The summed E-state index contributed by atoms with van der Waals surface area (Å²) in [5.74, 6) is 0. The van der Waals surface area contributed by atoms with E-state index in [1.807, 2.05) is 24.3 Å². The minimum Gasteiger partial charge on any atom is -0.311 e. The molecule has 0 fully saturated rings. The van der Waals surface area contributed by atoms with E-state index < -0.39 is 0 Å². The molecule has 1 aromatic heterocycles. The highest BCUT2D eigenvalue weighted by Gasteiger charge is 2.21. The van der Waals surface area contributed by atoms with Crippen molar-refractivity contribution in [2.24, 2.45) is 0 Å². The van der Waals surface area contributed by atoms with Crippen LogP contribution in [0.25, 0.3) is 55.1 Å². The van der Waals surface area contributed by atoms with Crippen molar-refractivity contribution in [3.63, 3.8) is 0 Å². The Morgan fingerprint density at radius 2 is 0.390 bits per heavy atom. The summed E-state index contributed by atoms with van der Waals surface area (Å²) in [6, 6.07) is 116. The highest BCUT2D eigenvalue weighted by Crippen LogP contribution is 2.44. The molecule has 0 atom stereocenters. The maximum atomic E-state index is 5.38. The van der Waals surface area contributed by atoms with Gasteiger partial charge in [-0.3, -0.25) is 0 Å². The monoisotopic (exact) mass is 1050 g/mol. The first-order valence-electron chi connectivity index (χ1n) is 27.7. The van der Waals surface area contributed by atoms with Gasteiger partial charge in [-0.2, -0.15) is 0 Å². The standard InChI is InChI=1S/C76H54N6/c1-5-23-61(24-6-1)79(62-25-7-2-8-26-62)67-45-49-69(50-46-67)81(71-43-33-55-19-13-15-21-59(55)53-71)65-39-35-57(36-40-65)75-76(78-74-32-18-17-31-73(74)77-75)58-37-41-66(42-38-58)82(72-44-34-56-20-14-16-22-60(56)54-72)70-51-47-68(48-52-70)80(63-27-9-3-10-28-63)64-29-11-4-12-30-64/h1-54H. The molecule has 13 aromatic carbocycles. The Kier molecular flexibility index (Phi) is 13.2. The topological polar surface area (TPSA) is 38.7 Å². The molecule has 1 heterocycles. The summed E-state index contributed by atoms with van der Waals surface area (Å²) in [5.41, 5.74) is 18.0. The highest BCUT2D eigenvalue weighted by molar-refractivity contribution is 5.93. The minimum absolute atomic E-state index is 0.810. The van der Waals surface area contributed by atoms with Crippen molar-refractivity contribution in [1.82, 2.24) is 9.97 Å². The van der Waals surface area contributed by atoms with E-state index in [1.165, 1.54) is 21.5 Å². The van der Waals surface area contributed by atoms with Gasteiger partial charge in [-0.05, 0) is 179 Å². The maximum absolute atomic E-state index is 5.38. The first-order valence-corrected chi connectivity index (χ1v) is 27.7. The highest BCUT2D eigenvalue weighted by atomic mass is 15.2. The molecule has 82 heavy (non-hydrogen) atoms. The van der Waals surface area contributed by atoms with Gasteiger partial charge in [-0.1, -0.05) is 170 Å². The Morgan fingerprint density at radius 3 is 0.695 bits per heavy atom. The maximum Gasteiger partial charge on any atom is 0.0973 e. The van der Waals surface area contributed by atoms with E-state index in [9.17, 15) is 0 Å². The number of fused-ring (bicyclic) bond motifs is 3. The van der Waals surface area contributed by atoms with E-state index in [4.69, 9.17) is 9.97 Å². The molecule has 0 saturated heterocycles. The van der Waals surface area contributed by atoms with Crippen LogP contribution >= 0.6 is 0 Å². The Balaban J connectivity index is 0.832. The van der Waals surface area contributed by atoms with Gasteiger partial charge >= 0.3 is 0 Å². The molecular weight excluding hydrogens is 997 g/mol. The molecule has 0 bridgehead atoms. The third-order valence-corrected chi connectivity index (χ3v) is 15.1. The number of hydrogen-bond acceptors (Lipinski definition) is 6. The second-order valence-electron chi connectivity index (χ2n) is 20.3. The van der Waals surface area contributed by atoms with Gasteiger partial charge in [-0.25, -0.2) is 9.97 Å². The average Bonchev–Trinajstić information content (AvgIpc) is 3.60. The lowest BCUT2D eigenvalue weighted by molar-refractivity contribution is 1.25. The third-order valence-electron chi connectivity index (χ3n) is 15.1. The molecule has 0 amide bonds. The van der Waals surface area contributed by atoms with E-state index >= 15 is 0 Å². The van der Waals surface area contributed by atoms with E-state index in [0.29, 0.717) is 0 Å². The van der Waals surface area contributed by atoms with E-state index in [1.54, 1.807) is 0 Å². The molecule has 0 saturated carbocycles. The fourth-order valence-corrected chi connectivity index (χ4v) is 11.2. The molecule has 0 unspecified atom stereocenters. The number of rotatable bonds is 14. The van der Waals surface area contributed by atoms with Crippen molar-refractivity contribution in [3.05, 3.63) is 328 Å². The van der Waals surface area contributed by atoms with Crippen molar-refractivity contribution in [1.29, 1.82) is 0 Å². The van der Waals surface area contributed by atoms with E-state index in [2.05, 4.69) is 323 Å². The summed E-state index contributed by atoms with van der Waals surface area (Å²) in [5, 5.41) is 4.73. The Morgan fingerprint density at radius 1 is 0.171 bits per heavy atom. The number of aromatic nitrogens is 2. The predicted molar refractivity (Wildman–Crippen MR) is 344 cm³/mol. The van der Waals surface area contributed by atoms with Crippen LogP contribution in [0.4, 0.5) is 68.2 Å². The number of nitrogens with zero attached hydrogens (tertiary/aromatic N) is 6. The molecule has 0 aliphatic heterocycles. The van der Waals surface area contributed by atoms with Crippen molar-refractivity contribution in [2.75, 3.05) is 19.6 Å². The van der Waals surface area contributed by atoms with Crippen LogP contribution in [0.3, 0.4) is 0 Å². The lowest BCUT2D eigenvalue weighted by Gasteiger charge is -2.28. The van der Waals surface area contributed by atoms with Gasteiger partial charge in [0.25, 0.3) is 0 Å². The van der Waals surface area contributed by atoms with Crippen LogP contribution in [0.2, 0.25) is 0 Å². The predicted octanol–water partition coefficient (Wildman–Crippen LogP) is 21.1. The molecule has 14 aromatic rings. The molecule has 0 aliphatic rings. The molecule has 388 valence electrons. The van der Waals surface area contributed by atoms with Gasteiger partial charge in [-0.15, -0.1) is 0 Å². The quantitative estimate of drug-likeness (QED) is 0.108. The van der Waals surface area contributed by atoms with Crippen LogP contribution in [0.15, 0.2) is 328 Å². The second kappa shape index (κ2) is 22.0. The zero-order valence-corrected chi connectivity index (χ0v) is 44.9. The van der Waals surface area contributed by atoms with Crippen molar-refractivity contribution < 1.29 is 0 Å². The number of benzene rings is 13. The molecule has 0 aliphatic carbocycles. The minimum atomic E-state index is 0.810. The zero-order valence-electron chi connectivity index (χ0n) is 44.9. The van der Waals surface area contributed by atoms with E-state index in [-0.39, 0.29) is 0 Å². The van der Waals surface area contributed by atoms with Crippen LogP contribution < -0.4 is 19.6 Å². The van der Waals surface area contributed by atoms with Gasteiger partial charge in [0.05, 0.1) is 22.4 Å². The fourth-order valence-electron chi connectivity index (χ4n) is 11.2. The fraction of sp³-hybridized carbons (Fsp3) is 0. The van der Waals surface area contributed by atoms with Crippen molar-refractivity contribution in [2.45, 2.75) is 0 Å². The molecule has 14 rings (SSSR count). The van der Waals surface area contributed by atoms with Gasteiger partial charge < -0.3 is 19.6 Å². The molecule has 6 nitrogen and oxygen atoms in total. The summed E-state index contributed by atoms with van der Waals surface area (Å²) in [7, 11) is 0. The third kappa shape index (κ3) is 9.82. The molecule has 0 spiro atoms. The van der Waals surface area contributed by atoms with Crippen molar-refractivity contribution >= 4 is 101 Å². The smallest absolute Gasteiger partial charge is 0.0973 e. The van der Waals surface area contributed by atoms with Gasteiger partial charge in [0.15, 0.2) is 0 Å². The van der Waals surface area contributed by atoms with Crippen molar-refractivity contribution in [3.8, 4) is 22.5 Å². The molecule has 0 N–H and O–H groups in total. The van der Waals surface area contributed by atoms with Crippen LogP contribution in [0.1, 0.15) is 0 Å². The summed E-state index contributed by atoms with van der Waals surface area (Å²) < 4.78 is 0. The lowest BCUT2D eigenvalue weighted by atomic mass is 10.0. The number of anilines is 12. The number of para-hydroxylation sites is 6. The largest absolute Gasteiger partial charge is 0.311 e. The summed E-state index contributed by atoms with van der Waals surface area (Å²) in [4.78, 5) is 20.0. The number of hydrogen-bond donors (Lipinski definition) is 0. The summed E-state index contributed by atoms with van der Waals surface area (Å²) >= 11 is 0. The van der Waals surface area contributed by atoms with Crippen LogP contribution in [-0.2, 0) is 0 Å². The first kappa shape index (κ1) is 49.2. The van der Waals surface area contributed by atoms with E-state index in [0.717, 1.165) is 102 Å². The molecule has 6 heteroatoms. The second-order valence-corrected chi connectivity index (χ2v) is 20.3. The Bertz CT molecular complexity index is 4110. The van der Waals surface area contributed by atoms with Gasteiger partial charge in [0.1, 0.15) is 0 Å². The summed E-state index contributed by atoms with van der Waals surface area (Å²) in [6.45, 7) is 0. The van der Waals surface area contributed by atoms with Gasteiger partial charge in [0.2, 0.25) is 0 Å². The lowest BCUT2D eigenvalue weighted by Crippen LogP contribution is -2.12. The van der Waals surface area contributed by atoms with Crippen LogP contribution in [-0.4, -0.2) is 9.97 Å². The first-order chi connectivity index (χ1) is 40.6. The molecular formula is C76H54N6. The summed E-state index contributed by atoms with van der Waals surface area (Å²) in [6.07, 6.45) is 0. The van der Waals surface area contributed by atoms with Gasteiger partial charge in [0, 0.05) is 79.4 Å². The Hall–Kier alpha value is -11.1. The normalized spacial score (nSPS) is 11.2.